The van der Waals surface area contributed by atoms with Crippen molar-refractivity contribution in [2.45, 2.75) is 34.6 Å². The Morgan fingerprint density at radius 1 is 1.15 bits per heavy atom. The second-order valence-corrected chi connectivity index (χ2v) is 14.7. The third-order valence-electron chi connectivity index (χ3n) is 5.00. The molecule has 1 fully saturated rings. The molecule has 1 aliphatic heterocycles. The maximum atomic E-state index is 13.6. The van der Waals surface area contributed by atoms with Crippen molar-refractivity contribution in [3.05, 3.63) is 93.5 Å². The number of hydrogen-bond donors (Lipinski definition) is 3. The molecule has 0 aliphatic carbocycles. The molecule has 174 valence electrons. The molecule has 0 radical (unpaired) electrons. The van der Waals surface area contributed by atoms with Crippen LogP contribution in [0.3, 0.4) is 0 Å². The predicted molar refractivity (Wildman–Crippen MR) is 125 cm³/mol. The van der Waals surface area contributed by atoms with Crippen LogP contribution < -0.4 is 11.2 Å². The lowest BCUT2D eigenvalue weighted by molar-refractivity contribution is -0.0405. The largest absolute Gasteiger partial charge is 0.407 e. The lowest BCUT2D eigenvalue weighted by atomic mass is 10.2. The number of aromatic nitrogens is 2. The average Bonchev–Trinajstić information content (AvgIpc) is 3.16. The van der Waals surface area contributed by atoms with Crippen LogP contribution >= 0.6 is 5.69 Å². The van der Waals surface area contributed by atoms with Gasteiger partial charge in [0, 0.05) is 18.2 Å². The van der Waals surface area contributed by atoms with Crippen LogP contribution in [-0.2, 0) is 31.6 Å². The van der Waals surface area contributed by atoms with Crippen molar-refractivity contribution >= 4 is 28.0 Å². The molecule has 4 rings (SSSR count). The number of benzene rings is 2. The molecular formula is C21H21FN2O6PS2+. The molecule has 4 atom stereocenters. The maximum Gasteiger partial charge on any atom is 0.407 e. The van der Waals surface area contributed by atoms with E-state index in [1.165, 1.54) is 0 Å². The number of halogens is 1. The number of nitrogens with zero attached hydrogens (tertiary/aromatic N) is 1. The van der Waals surface area contributed by atoms with Crippen molar-refractivity contribution in [1.82, 2.24) is 9.55 Å². The summed E-state index contributed by atoms with van der Waals surface area (Å²) >= 11 is 5.55. The van der Waals surface area contributed by atoms with Crippen LogP contribution in [0.4, 0.5) is 4.39 Å². The molecule has 33 heavy (non-hydrogen) atoms. The highest BCUT2D eigenvalue weighted by atomic mass is 32.9. The fourth-order valence-electron chi connectivity index (χ4n) is 3.43. The summed E-state index contributed by atoms with van der Waals surface area (Å²) in [7, 11) is -0.949. The summed E-state index contributed by atoms with van der Waals surface area (Å²) < 4.78 is 26.0. The third kappa shape index (κ3) is 5.36. The lowest BCUT2D eigenvalue weighted by Gasteiger charge is -2.20. The first-order valence-corrected chi connectivity index (χ1v) is 14.4. The monoisotopic (exact) mass is 511 g/mol. The van der Waals surface area contributed by atoms with Crippen LogP contribution in [-0.4, -0.2) is 38.4 Å². The molecule has 1 saturated heterocycles. The molecule has 2 heterocycles. The minimum Gasteiger partial charge on any atom is -0.390 e. The van der Waals surface area contributed by atoms with Gasteiger partial charge in [0.25, 0.3) is 5.56 Å². The number of aromatic amines is 1. The van der Waals surface area contributed by atoms with Crippen molar-refractivity contribution in [2.24, 2.45) is 0 Å². The van der Waals surface area contributed by atoms with E-state index in [2.05, 4.69) is 0 Å². The number of ether oxygens (including phenoxy) is 1. The summed E-state index contributed by atoms with van der Waals surface area (Å²) in [5.74, 6) is -1.15. The standard InChI is InChI=1S/C21H20FN2O6PS2/c22-16-12-24(21(27)23-20(16)26)19-11-17(25)18(30-19)13-29-31(28,32)33(14-7-3-1-4-8-14)15-9-5-2-6-10-15/h1-10,12,17-19,25H,11,13H2,(H-,23,26,27,28,32)/p+1/t17-,18+,19+,31?/m0/s1. The van der Waals surface area contributed by atoms with Crippen molar-refractivity contribution in [1.29, 1.82) is 0 Å². The quantitative estimate of drug-likeness (QED) is 0.330. The molecule has 3 aromatic rings. The highest BCUT2D eigenvalue weighted by Crippen LogP contribution is 2.58. The zero-order valence-electron chi connectivity index (χ0n) is 17.1. The van der Waals surface area contributed by atoms with Gasteiger partial charge in [-0.3, -0.25) is 18.9 Å². The van der Waals surface area contributed by atoms with E-state index in [1.807, 2.05) is 65.6 Å². The average molecular weight is 512 g/mol. The minimum atomic E-state index is -3.45. The van der Waals surface area contributed by atoms with Gasteiger partial charge >= 0.3 is 11.4 Å². The van der Waals surface area contributed by atoms with Gasteiger partial charge in [-0.15, -0.1) is 0 Å². The van der Waals surface area contributed by atoms with Gasteiger partial charge < -0.3 is 14.7 Å². The Kier molecular flexibility index (Phi) is 7.30. The van der Waals surface area contributed by atoms with Gasteiger partial charge in [-0.1, -0.05) is 36.4 Å². The molecule has 0 spiro atoms. The van der Waals surface area contributed by atoms with Crippen LogP contribution in [0.1, 0.15) is 12.6 Å². The van der Waals surface area contributed by atoms with E-state index in [1.54, 1.807) is 0 Å². The first kappa shape index (κ1) is 24.0. The Bertz CT molecular complexity index is 1230. The van der Waals surface area contributed by atoms with Gasteiger partial charge in [-0.25, -0.2) is 4.79 Å². The summed E-state index contributed by atoms with van der Waals surface area (Å²) in [6, 6.07) is 18.6. The van der Waals surface area contributed by atoms with E-state index in [9.17, 15) is 24.0 Å². The molecule has 3 N–H and O–H groups in total. The summed E-state index contributed by atoms with van der Waals surface area (Å²) in [6.45, 7) is -0.227. The first-order chi connectivity index (χ1) is 15.8. The van der Waals surface area contributed by atoms with Gasteiger partial charge in [0.2, 0.25) is 5.82 Å². The smallest absolute Gasteiger partial charge is 0.390 e. The highest BCUT2D eigenvalue weighted by molar-refractivity contribution is 8.65. The van der Waals surface area contributed by atoms with Crippen LogP contribution in [0.2, 0.25) is 0 Å². The molecular weight excluding hydrogens is 490 g/mol. The Morgan fingerprint density at radius 2 is 1.73 bits per heavy atom. The van der Waals surface area contributed by atoms with E-state index in [4.69, 9.17) is 21.1 Å². The van der Waals surface area contributed by atoms with Crippen molar-refractivity contribution in [3.63, 3.8) is 0 Å². The van der Waals surface area contributed by atoms with Crippen molar-refractivity contribution in [3.8, 4) is 0 Å². The molecule has 0 bridgehead atoms. The van der Waals surface area contributed by atoms with E-state index in [-0.39, 0.29) is 13.0 Å². The molecule has 0 amide bonds. The van der Waals surface area contributed by atoms with E-state index in [0.717, 1.165) is 20.6 Å². The Hall–Kier alpha value is -2.11. The van der Waals surface area contributed by atoms with Gasteiger partial charge in [0.15, 0.2) is 9.79 Å². The zero-order chi connectivity index (χ0) is 23.6. The number of hydrogen-bond acceptors (Lipinski definition) is 6. The number of nitrogens with one attached hydrogen (secondary N) is 1. The molecule has 2 aromatic carbocycles. The fourth-order valence-corrected chi connectivity index (χ4v) is 10.1. The van der Waals surface area contributed by atoms with E-state index >= 15 is 0 Å². The van der Waals surface area contributed by atoms with Crippen LogP contribution in [0.5, 0.6) is 0 Å². The lowest BCUT2D eigenvalue weighted by Crippen LogP contribution is -2.34. The number of aliphatic hydroxyl groups is 1. The van der Waals surface area contributed by atoms with Gasteiger partial charge in [-0.2, -0.15) is 4.39 Å². The molecule has 1 aliphatic rings. The van der Waals surface area contributed by atoms with Crippen LogP contribution in [0, 0.1) is 5.82 Å². The fraction of sp³-hybridized carbons (Fsp3) is 0.238. The minimum absolute atomic E-state index is 0.0309. The van der Waals surface area contributed by atoms with Crippen molar-refractivity contribution < 1.29 is 23.7 Å². The highest BCUT2D eigenvalue weighted by Gasteiger charge is 2.45. The number of H-pyrrole nitrogens is 1. The molecule has 8 nitrogen and oxygen atoms in total. The van der Waals surface area contributed by atoms with Gasteiger partial charge in [0.1, 0.15) is 22.8 Å². The number of rotatable bonds is 7. The van der Waals surface area contributed by atoms with E-state index < -0.39 is 51.7 Å². The Morgan fingerprint density at radius 3 is 2.30 bits per heavy atom. The number of aliphatic hydroxyl groups excluding tert-OH is 1. The van der Waals surface area contributed by atoms with E-state index in [0.29, 0.717) is 0 Å². The summed E-state index contributed by atoms with van der Waals surface area (Å²) in [5, 5.41) is 10.4. The second-order valence-electron chi connectivity index (χ2n) is 7.25. The van der Waals surface area contributed by atoms with Crippen molar-refractivity contribution in [2.75, 3.05) is 6.61 Å². The van der Waals surface area contributed by atoms with Gasteiger partial charge in [0.05, 0.1) is 18.9 Å². The second kappa shape index (κ2) is 10.0. The van der Waals surface area contributed by atoms with Crippen LogP contribution in [0.15, 0.2) is 86.2 Å². The summed E-state index contributed by atoms with van der Waals surface area (Å²) in [6.07, 6.45) is -2.27. The third-order valence-corrected chi connectivity index (χ3v) is 12.0. The topological polar surface area (TPSA) is 114 Å². The zero-order valence-corrected chi connectivity index (χ0v) is 19.6. The Balaban J connectivity index is 1.52. The Labute approximate surface area is 195 Å². The molecule has 12 heteroatoms. The SMILES string of the molecule is O=c1[nH]c(=O)n([C@H]2C[C@H](O)[C@@H](COP(O)(=S)[S+](c3ccccc3)c3ccccc3)O2)cc1F. The summed E-state index contributed by atoms with van der Waals surface area (Å²) in [4.78, 5) is 38.0. The van der Waals surface area contributed by atoms with Gasteiger partial charge in [-0.05, 0) is 24.3 Å². The normalized spacial score (nSPS) is 22.4. The maximum absolute atomic E-state index is 13.6. The first-order valence-electron chi connectivity index (χ1n) is 9.93. The van der Waals surface area contributed by atoms with Crippen LogP contribution in [0.25, 0.3) is 0 Å². The molecule has 1 unspecified atom stereocenters. The summed E-state index contributed by atoms with van der Waals surface area (Å²) in [5.41, 5.74) is -5.44. The predicted octanol–water partition coefficient (Wildman–Crippen LogP) is 2.29. The molecule has 0 saturated carbocycles. The molecule has 1 aromatic heterocycles.